The lowest BCUT2D eigenvalue weighted by Gasteiger charge is -2.14. The van der Waals surface area contributed by atoms with Gasteiger partial charge < -0.3 is 5.32 Å². The van der Waals surface area contributed by atoms with Gasteiger partial charge in [0.25, 0.3) is 0 Å². The highest BCUT2D eigenvalue weighted by Crippen LogP contribution is 2.29. The predicted molar refractivity (Wildman–Crippen MR) is 83.5 cm³/mol. The first-order valence-electron chi connectivity index (χ1n) is 6.99. The third-order valence-electron chi connectivity index (χ3n) is 3.51. The number of hydrogen-bond donors (Lipinski definition) is 1. The second-order valence-electron chi connectivity index (χ2n) is 5.26. The molecule has 1 nitrogen and oxygen atoms in total. The van der Waals surface area contributed by atoms with E-state index in [1.807, 2.05) is 0 Å². The van der Waals surface area contributed by atoms with Gasteiger partial charge in [-0.25, -0.2) is 0 Å². The molecule has 0 aromatic heterocycles. The zero-order chi connectivity index (χ0) is 13.8. The standard InChI is InChI=1S/C18H23N/c1-5-19-12-16-9-7-14(3)11-18(16)17-10-13(2)6-8-15(17)4/h6-11,19H,5,12H2,1-4H3. The van der Waals surface area contributed by atoms with Crippen LogP contribution in [-0.2, 0) is 6.54 Å². The maximum atomic E-state index is 3.43. The monoisotopic (exact) mass is 253 g/mol. The van der Waals surface area contributed by atoms with E-state index < -0.39 is 0 Å². The van der Waals surface area contributed by atoms with Crippen LogP contribution in [0.25, 0.3) is 11.1 Å². The van der Waals surface area contributed by atoms with Crippen molar-refractivity contribution in [3.63, 3.8) is 0 Å². The number of nitrogens with one attached hydrogen (secondary N) is 1. The minimum Gasteiger partial charge on any atom is -0.313 e. The fraction of sp³-hybridized carbons (Fsp3) is 0.333. The van der Waals surface area contributed by atoms with Crippen LogP contribution in [0.5, 0.6) is 0 Å². The molecular formula is C18H23N. The van der Waals surface area contributed by atoms with Crippen LogP contribution < -0.4 is 5.32 Å². The molecule has 2 aromatic carbocycles. The molecule has 0 aliphatic carbocycles. The zero-order valence-electron chi connectivity index (χ0n) is 12.4. The van der Waals surface area contributed by atoms with Crippen molar-refractivity contribution in [3.8, 4) is 11.1 Å². The van der Waals surface area contributed by atoms with E-state index in [-0.39, 0.29) is 0 Å². The quantitative estimate of drug-likeness (QED) is 0.852. The maximum Gasteiger partial charge on any atom is 0.0211 e. The van der Waals surface area contributed by atoms with Gasteiger partial charge in [-0.15, -0.1) is 0 Å². The molecule has 0 unspecified atom stereocenters. The SMILES string of the molecule is CCNCc1ccc(C)cc1-c1cc(C)ccc1C. The van der Waals surface area contributed by atoms with Crippen molar-refractivity contribution in [3.05, 3.63) is 58.7 Å². The maximum absolute atomic E-state index is 3.43. The van der Waals surface area contributed by atoms with E-state index >= 15 is 0 Å². The Kier molecular flexibility index (Phi) is 4.39. The van der Waals surface area contributed by atoms with Crippen LogP contribution in [0.1, 0.15) is 29.2 Å². The van der Waals surface area contributed by atoms with Gasteiger partial charge in [0.1, 0.15) is 0 Å². The van der Waals surface area contributed by atoms with Crippen molar-refractivity contribution in [1.82, 2.24) is 5.32 Å². The van der Waals surface area contributed by atoms with Crippen molar-refractivity contribution in [1.29, 1.82) is 0 Å². The van der Waals surface area contributed by atoms with Crippen molar-refractivity contribution in [2.24, 2.45) is 0 Å². The molecule has 0 fully saturated rings. The molecule has 2 rings (SSSR count). The first kappa shape index (κ1) is 13.8. The second kappa shape index (κ2) is 6.03. The minimum atomic E-state index is 0.930. The predicted octanol–water partition coefficient (Wildman–Crippen LogP) is 4.39. The Morgan fingerprint density at radius 2 is 1.47 bits per heavy atom. The first-order valence-corrected chi connectivity index (χ1v) is 6.99. The number of rotatable bonds is 4. The molecule has 2 aromatic rings. The Balaban J connectivity index is 2.52. The van der Waals surface area contributed by atoms with Crippen LogP contribution in [0.15, 0.2) is 36.4 Å². The molecular weight excluding hydrogens is 230 g/mol. The van der Waals surface area contributed by atoms with E-state index in [0.717, 1.165) is 13.1 Å². The highest BCUT2D eigenvalue weighted by molar-refractivity contribution is 5.72. The highest BCUT2D eigenvalue weighted by Gasteiger charge is 2.08. The minimum absolute atomic E-state index is 0.930. The Morgan fingerprint density at radius 1 is 0.842 bits per heavy atom. The van der Waals surface area contributed by atoms with Gasteiger partial charge in [-0.2, -0.15) is 0 Å². The highest BCUT2D eigenvalue weighted by atomic mass is 14.8. The summed E-state index contributed by atoms with van der Waals surface area (Å²) in [5, 5.41) is 3.43. The molecule has 0 aliphatic heterocycles. The van der Waals surface area contributed by atoms with Gasteiger partial charge in [0.05, 0.1) is 0 Å². The average Bonchev–Trinajstić information content (AvgIpc) is 2.40. The summed E-state index contributed by atoms with van der Waals surface area (Å²) in [6.45, 7) is 10.6. The van der Waals surface area contributed by atoms with Crippen molar-refractivity contribution in [2.45, 2.75) is 34.2 Å². The van der Waals surface area contributed by atoms with Gasteiger partial charge in [-0.1, -0.05) is 54.4 Å². The molecule has 0 atom stereocenters. The van der Waals surface area contributed by atoms with Crippen LogP contribution in [0, 0.1) is 20.8 Å². The molecule has 19 heavy (non-hydrogen) atoms. The van der Waals surface area contributed by atoms with E-state index in [1.54, 1.807) is 0 Å². The van der Waals surface area contributed by atoms with Gasteiger partial charge in [0.2, 0.25) is 0 Å². The summed E-state index contributed by atoms with van der Waals surface area (Å²) in [6.07, 6.45) is 0. The Bertz CT molecular complexity index is 570. The van der Waals surface area contributed by atoms with Gasteiger partial charge in [-0.3, -0.25) is 0 Å². The summed E-state index contributed by atoms with van der Waals surface area (Å²) in [7, 11) is 0. The lowest BCUT2D eigenvalue weighted by atomic mass is 9.93. The van der Waals surface area contributed by atoms with Crippen LogP contribution >= 0.6 is 0 Å². The largest absolute Gasteiger partial charge is 0.313 e. The molecule has 1 heteroatoms. The van der Waals surface area contributed by atoms with E-state index in [9.17, 15) is 0 Å². The van der Waals surface area contributed by atoms with Crippen molar-refractivity contribution >= 4 is 0 Å². The number of hydrogen-bond acceptors (Lipinski definition) is 1. The van der Waals surface area contributed by atoms with E-state index in [4.69, 9.17) is 0 Å². The third-order valence-corrected chi connectivity index (χ3v) is 3.51. The molecule has 0 radical (unpaired) electrons. The molecule has 100 valence electrons. The number of aryl methyl sites for hydroxylation is 3. The van der Waals surface area contributed by atoms with Gasteiger partial charge >= 0.3 is 0 Å². The first-order chi connectivity index (χ1) is 9.11. The molecule has 0 bridgehead atoms. The second-order valence-corrected chi connectivity index (χ2v) is 5.26. The fourth-order valence-electron chi connectivity index (χ4n) is 2.38. The molecule has 0 saturated heterocycles. The molecule has 0 heterocycles. The Morgan fingerprint density at radius 3 is 2.16 bits per heavy atom. The lowest BCUT2D eigenvalue weighted by molar-refractivity contribution is 0.727. The van der Waals surface area contributed by atoms with E-state index in [1.165, 1.54) is 33.4 Å². The number of benzene rings is 2. The zero-order valence-corrected chi connectivity index (χ0v) is 12.4. The molecule has 1 N–H and O–H groups in total. The van der Waals surface area contributed by atoms with Crippen molar-refractivity contribution < 1.29 is 0 Å². The fourth-order valence-corrected chi connectivity index (χ4v) is 2.38. The van der Waals surface area contributed by atoms with E-state index in [0.29, 0.717) is 0 Å². The molecule has 0 amide bonds. The summed E-state index contributed by atoms with van der Waals surface area (Å²) in [6, 6.07) is 13.4. The van der Waals surface area contributed by atoms with Crippen LogP contribution in [-0.4, -0.2) is 6.54 Å². The van der Waals surface area contributed by atoms with Crippen LogP contribution in [0.3, 0.4) is 0 Å². The molecule has 0 spiro atoms. The van der Waals surface area contributed by atoms with Gasteiger partial charge in [0.15, 0.2) is 0 Å². The summed E-state index contributed by atoms with van der Waals surface area (Å²) in [5.41, 5.74) is 8.07. The summed E-state index contributed by atoms with van der Waals surface area (Å²) >= 11 is 0. The van der Waals surface area contributed by atoms with Crippen molar-refractivity contribution in [2.75, 3.05) is 6.54 Å². The van der Waals surface area contributed by atoms with E-state index in [2.05, 4.69) is 69.4 Å². The summed E-state index contributed by atoms with van der Waals surface area (Å²) < 4.78 is 0. The average molecular weight is 253 g/mol. The topological polar surface area (TPSA) is 12.0 Å². The molecule has 0 aliphatic rings. The summed E-state index contributed by atoms with van der Waals surface area (Å²) in [5.74, 6) is 0. The lowest BCUT2D eigenvalue weighted by Crippen LogP contribution is -2.12. The van der Waals surface area contributed by atoms with Gasteiger partial charge in [0, 0.05) is 6.54 Å². The van der Waals surface area contributed by atoms with Crippen LogP contribution in [0.2, 0.25) is 0 Å². The van der Waals surface area contributed by atoms with Crippen LogP contribution in [0.4, 0.5) is 0 Å². The third kappa shape index (κ3) is 3.24. The molecule has 0 saturated carbocycles. The Labute approximate surface area is 116 Å². The summed E-state index contributed by atoms with van der Waals surface area (Å²) in [4.78, 5) is 0. The smallest absolute Gasteiger partial charge is 0.0211 e. The van der Waals surface area contributed by atoms with Gasteiger partial charge in [-0.05, 0) is 49.6 Å². The normalized spacial score (nSPS) is 10.7. The Hall–Kier alpha value is -1.60.